The van der Waals surface area contributed by atoms with Crippen LogP contribution in [0.15, 0.2) is 11.6 Å². The van der Waals surface area contributed by atoms with Gasteiger partial charge in [-0.25, -0.2) is 0 Å². The Balaban J connectivity index is 3.97. The number of allylic oxidation sites excluding steroid dienone is 1. The number of aliphatic hydroxyl groups excluding tert-OH is 1. The lowest BCUT2D eigenvalue weighted by Gasteiger charge is -2.11. The topological polar surface area (TPSA) is 20.2 Å². The highest BCUT2D eigenvalue weighted by Crippen LogP contribution is 2.13. The molecule has 0 fully saturated rings. The summed E-state index contributed by atoms with van der Waals surface area (Å²) in [4.78, 5) is 0. The molecular formula is C10H20O. The van der Waals surface area contributed by atoms with Gasteiger partial charge in [-0.3, -0.25) is 0 Å². The van der Waals surface area contributed by atoms with Crippen LogP contribution in [0.5, 0.6) is 0 Å². The fraction of sp³-hybridized carbons (Fsp3) is 0.800. The van der Waals surface area contributed by atoms with E-state index in [0.29, 0.717) is 0 Å². The summed E-state index contributed by atoms with van der Waals surface area (Å²) in [6.07, 6.45) is 6.00. The number of rotatable bonds is 5. The highest BCUT2D eigenvalue weighted by atomic mass is 16.3. The molecule has 1 atom stereocenters. The zero-order chi connectivity index (χ0) is 8.69. The molecule has 0 saturated heterocycles. The molecule has 0 aromatic carbocycles. The van der Waals surface area contributed by atoms with Crippen molar-refractivity contribution in [1.29, 1.82) is 0 Å². The molecule has 1 N–H and O–H groups in total. The van der Waals surface area contributed by atoms with Gasteiger partial charge in [-0.05, 0) is 24.8 Å². The number of hydrogen-bond acceptors (Lipinski definition) is 1. The summed E-state index contributed by atoms with van der Waals surface area (Å²) in [5.41, 5.74) is 1.22. The molecule has 1 heteroatoms. The van der Waals surface area contributed by atoms with E-state index in [9.17, 15) is 5.11 Å². The molecule has 0 radical (unpaired) electrons. The lowest BCUT2D eigenvalue weighted by atomic mass is 10.0. The van der Waals surface area contributed by atoms with Gasteiger partial charge in [-0.2, -0.15) is 0 Å². The summed E-state index contributed by atoms with van der Waals surface area (Å²) in [5.74, 6) is 0. The molecule has 0 heterocycles. The van der Waals surface area contributed by atoms with Gasteiger partial charge in [-0.15, -0.1) is 0 Å². The zero-order valence-electron chi connectivity index (χ0n) is 7.93. The second kappa shape index (κ2) is 6.41. The van der Waals surface area contributed by atoms with Crippen LogP contribution >= 0.6 is 0 Å². The van der Waals surface area contributed by atoms with Crippen molar-refractivity contribution in [3.05, 3.63) is 11.6 Å². The largest absolute Gasteiger partial charge is 0.389 e. The van der Waals surface area contributed by atoms with E-state index < -0.39 is 0 Å². The second-order valence-corrected chi connectivity index (χ2v) is 2.86. The summed E-state index contributed by atoms with van der Waals surface area (Å²) >= 11 is 0. The Morgan fingerprint density at radius 3 is 2.36 bits per heavy atom. The van der Waals surface area contributed by atoms with Crippen molar-refractivity contribution in [2.24, 2.45) is 0 Å². The van der Waals surface area contributed by atoms with Gasteiger partial charge in [0.25, 0.3) is 0 Å². The fourth-order valence-electron chi connectivity index (χ4n) is 1.22. The van der Waals surface area contributed by atoms with E-state index in [1.165, 1.54) is 5.57 Å². The molecule has 0 aromatic heterocycles. The van der Waals surface area contributed by atoms with Crippen LogP contribution < -0.4 is 0 Å². The maximum Gasteiger partial charge on any atom is 0.0747 e. The quantitative estimate of drug-likeness (QED) is 0.607. The summed E-state index contributed by atoms with van der Waals surface area (Å²) < 4.78 is 0. The van der Waals surface area contributed by atoms with E-state index in [1.54, 1.807) is 0 Å². The first kappa shape index (κ1) is 10.7. The molecule has 0 aromatic rings. The van der Waals surface area contributed by atoms with Crippen molar-refractivity contribution in [2.45, 2.75) is 52.6 Å². The molecule has 0 amide bonds. The lowest BCUT2D eigenvalue weighted by molar-refractivity contribution is 0.201. The monoisotopic (exact) mass is 156 g/mol. The van der Waals surface area contributed by atoms with Crippen LogP contribution in [-0.4, -0.2) is 11.2 Å². The summed E-state index contributed by atoms with van der Waals surface area (Å²) in [5, 5.41) is 9.51. The van der Waals surface area contributed by atoms with Crippen LogP contribution in [0.1, 0.15) is 46.5 Å². The zero-order valence-corrected chi connectivity index (χ0v) is 7.93. The maximum absolute atomic E-state index is 9.51. The minimum atomic E-state index is -0.199. The van der Waals surface area contributed by atoms with Gasteiger partial charge in [0.2, 0.25) is 0 Å². The average molecular weight is 156 g/mol. The highest BCUT2D eigenvalue weighted by molar-refractivity contribution is 5.07. The van der Waals surface area contributed by atoms with Gasteiger partial charge in [0.1, 0.15) is 0 Å². The highest BCUT2D eigenvalue weighted by Gasteiger charge is 2.05. The molecule has 0 saturated carbocycles. The molecule has 0 spiro atoms. The van der Waals surface area contributed by atoms with Gasteiger partial charge in [0.05, 0.1) is 6.10 Å². The molecule has 0 aliphatic rings. The fourth-order valence-corrected chi connectivity index (χ4v) is 1.22. The van der Waals surface area contributed by atoms with Crippen molar-refractivity contribution < 1.29 is 5.11 Å². The third-order valence-electron chi connectivity index (χ3n) is 1.82. The predicted molar refractivity (Wildman–Crippen MR) is 49.6 cm³/mol. The Kier molecular flexibility index (Phi) is 6.24. The molecule has 11 heavy (non-hydrogen) atoms. The predicted octanol–water partition coefficient (Wildman–Crippen LogP) is 2.89. The van der Waals surface area contributed by atoms with Crippen molar-refractivity contribution in [1.82, 2.24) is 0 Å². The Hall–Kier alpha value is -0.300. The van der Waals surface area contributed by atoms with Crippen LogP contribution in [0.3, 0.4) is 0 Å². The molecule has 0 rings (SSSR count). The van der Waals surface area contributed by atoms with Crippen LogP contribution in [0.4, 0.5) is 0 Å². The maximum atomic E-state index is 9.51. The van der Waals surface area contributed by atoms with E-state index in [-0.39, 0.29) is 6.10 Å². The first-order chi connectivity index (χ1) is 5.26. The smallest absolute Gasteiger partial charge is 0.0747 e. The van der Waals surface area contributed by atoms with Gasteiger partial charge in [0, 0.05) is 0 Å². The van der Waals surface area contributed by atoms with E-state index in [4.69, 9.17) is 0 Å². The van der Waals surface area contributed by atoms with Crippen molar-refractivity contribution in [3.8, 4) is 0 Å². The molecule has 66 valence electrons. The molecule has 0 bridgehead atoms. The van der Waals surface area contributed by atoms with Crippen LogP contribution in [0.2, 0.25) is 0 Å². The Bertz CT molecular complexity index is 116. The SMILES string of the molecule is CC/C=C(\CCC)C(O)CC. The van der Waals surface area contributed by atoms with Gasteiger partial charge in [-0.1, -0.05) is 33.3 Å². The van der Waals surface area contributed by atoms with E-state index >= 15 is 0 Å². The molecule has 1 nitrogen and oxygen atoms in total. The van der Waals surface area contributed by atoms with E-state index in [0.717, 1.165) is 25.7 Å². The Morgan fingerprint density at radius 1 is 1.36 bits per heavy atom. The standard InChI is InChI=1S/C10H20O/c1-4-7-9(8-5-2)10(11)6-3/h7,10-11H,4-6,8H2,1-3H3/b9-7+. The summed E-state index contributed by atoms with van der Waals surface area (Å²) in [7, 11) is 0. The van der Waals surface area contributed by atoms with Crippen LogP contribution in [-0.2, 0) is 0 Å². The first-order valence-corrected chi connectivity index (χ1v) is 4.63. The molecule has 1 unspecified atom stereocenters. The lowest BCUT2D eigenvalue weighted by Crippen LogP contribution is -2.08. The van der Waals surface area contributed by atoms with E-state index in [2.05, 4.69) is 19.9 Å². The molecule has 0 aliphatic heterocycles. The number of hydrogen-bond donors (Lipinski definition) is 1. The molecule has 0 aliphatic carbocycles. The van der Waals surface area contributed by atoms with E-state index in [1.807, 2.05) is 6.92 Å². The normalized spacial score (nSPS) is 15.1. The molecular weight excluding hydrogens is 136 g/mol. The van der Waals surface area contributed by atoms with Crippen LogP contribution in [0.25, 0.3) is 0 Å². The second-order valence-electron chi connectivity index (χ2n) is 2.86. The van der Waals surface area contributed by atoms with Crippen molar-refractivity contribution in [2.75, 3.05) is 0 Å². The number of aliphatic hydroxyl groups is 1. The average Bonchev–Trinajstić information content (AvgIpc) is 2.03. The van der Waals surface area contributed by atoms with Gasteiger partial charge in [0.15, 0.2) is 0 Å². The third-order valence-corrected chi connectivity index (χ3v) is 1.82. The Labute approximate surface area is 70.1 Å². The summed E-state index contributed by atoms with van der Waals surface area (Å²) in [6, 6.07) is 0. The Morgan fingerprint density at radius 2 is 2.00 bits per heavy atom. The van der Waals surface area contributed by atoms with Gasteiger partial charge >= 0.3 is 0 Å². The minimum Gasteiger partial charge on any atom is -0.389 e. The minimum absolute atomic E-state index is 0.199. The van der Waals surface area contributed by atoms with Crippen LogP contribution in [0, 0.1) is 0 Å². The third kappa shape index (κ3) is 4.20. The van der Waals surface area contributed by atoms with Crippen molar-refractivity contribution >= 4 is 0 Å². The van der Waals surface area contributed by atoms with Crippen molar-refractivity contribution in [3.63, 3.8) is 0 Å². The van der Waals surface area contributed by atoms with Gasteiger partial charge < -0.3 is 5.11 Å². The first-order valence-electron chi connectivity index (χ1n) is 4.63. The summed E-state index contributed by atoms with van der Waals surface area (Å²) in [6.45, 7) is 6.27.